The molecule has 0 saturated heterocycles. The van der Waals surface area contributed by atoms with Gasteiger partial charge in [-0.3, -0.25) is 4.99 Å². The zero-order valence-electron chi connectivity index (χ0n) is 11.6. The zero-order valence-corrected chi connectivity index (χ0v) is 11.6. The Bertz CT molecular complexity index is 402. The Kier molecular flexibility index (Phi) is 6.25. The molecule has 1 rings (SSSR count). The van der Waals surface area contributed by atoms with Crippen LogP contribution in [-0.4, -0.2) is 32.5 Å². The van der Waals surface area contributed by atoms with Gasteiger partial charge in [-0.2, -0.15) is 0 Å². The Balaban J connectivity index is 2.44. The van der Waals surface area contributed by atoms with Gasteiger partial charge in [0.25, 0.3) is 6.43 Å². The summed E-state index contributed by atoms with van der Waals surface area (Å²) in [5, 5.41) is 5.62. The quantitative estimate of drug-likeness (QED) is 0.636. The van der Waals surface area contributed by atoms with E-state index in [0.29, 0.717) is 12.5 Å². The summed E-state index contributed by atoms with van der Waals surface area (Å²) in [6.07, 6.45) is -2.38. The second kappa shape index (κ2) is 7.71. The van der Waals surface area contributed by atoms with Crippen LogP contribution in [0.4, 0.5) is 8.78 Å². The molecule has 0 aromatic heterocycles. The molecule has 0 fully saturated rings. The van der Waals surface area contributed by atoms with Gasteiger partial charge in [0, 0.05) is 13.6 Å². The minimum Gasteiger partial charge on any atom is -0.356 e. The third-order valence-electron chi connectivity index (χ3n) is 2.87. The number of aliphatic imine (C=N–C) groups is 1. The lowest BCUT2D eigenvalue weighted by Gasteiger charge is -2.16. The van der Waals surface area contributed by atoms with E-state index >= 15 is 0 Å². The number of guanidine groups is 1. The Labute approximate surface area is 113 Å². The Morgan fingerprint density at radius 3 is 2.26 bits per heavy atom. The summed E-state index contributed by atoms with van der Waals surface area (Å²) in [7, 11) is 1.57. The summed E-state index contributed by atoms with van der Waals surface area (Å²) in [5.74, 6) is 0.685. The van der Waals surface area contributed by atoms with E-state index in [2.05, 4.69) is 46.8 Å². The molecule has 1 unspecified atom stereocenters. The minimum absolute atomic E-state index is 0.283. The maximum absolute atomic E-state index is 12.1. The van der Waals surface area contributed by atoms with Crippen molar-refractivity contribution in [1.29, 1.82) is 0 Å². The molecule has 0 aliphatic carbocycles. The molecular formula is C14H21F2N3. The molecule has 0 aliphatic rings. The van der Waals surface area contributed by atoms with Gasteiger partial charge in [0.05, 0.1) is 6.54 Å². The number of alkyl halides is 2. The van der Waals surface area contributed by atoms with Crippen LogP contribution < -0.4 is 10.6 Å². The van der Waals surface area contributed by atoms with Crippen molar-refractivity contribution in [2.24, 2.45) is 4.99 Å². The predicted molar refractivity (Wildman–Crippen MR) is 75.0 cm³/mol. The zero-order chi connectivity index (χ0) is 14.3. The van der Waals surface area contributed by atoms with Crippen LogP contribution in [0.2, 0.25) is 0 Å². The Morgan fingerprint density at radius 1 is 1.16 bits per heavy atom. The number of halogens is 2. The van der Waals surface area contributed by atoms with Gasteiger partial charge >= 0.3 is 0 Å². The van der Waals surface area contributed by atoms with Gasteiger partial charge in [0.1, 0.15) is 0 Å². The molecule has 1 atom stereocenters. The standard InChI is InChI=1S/C14H21F2N3/c1-10-4-6-12(7-5-10)11(2)8-18-14(17-3)19-9-13(15)16/h4-7,11,13H,8-9H2,1-3H3,(H2,17,18,19). The fourth-order valence-electron chi connectivity index (χ4n) is 1.66. The molecule has 1 aromatic carbocycles. The van der Waals surface area contributed by atoms with Crippen LogP contribution in [0.5, 0.6) is 0 Å². The minimum atomic E-state index is -2.38. The predicted octanol–water partition coefficient (Wildman–Crippen LogP) is 2.53. The van der Waals surface area contributed by atoms with Crippen LogP contribution >= 0.6 is 0 Å². The largest absolute Gasteiger partial charge is 0.356 e. The topological polar surface area (TPSA) is 36.4 Å². The second-order valence-electron chi connectivity index (χ2n) is 4.54. The maximum atomic E-state index is 12.1. The van der Waals surface area contributed by atoms with Gasteiger partial charge in [-0.05, 0) is 18.4 Å². The van der Waals surface area contributed by atoms with E-state index in [9.17, 15) is 8.78 Å². The first-order valence-corrected chi connectivity index (χ1v) is 6.32. The van der Waals surface area contributed by atoms with E-state index in [1.165, 1.54) is 11.1 Å². The molecule has 0 amide bonds. The Hall–Kier alpha value is -1.65. The normalized spacial score (nSPS) is 13.5. The van der Waals surface area contributed by atoms with Crippen molar-refractivity contribution in [2.75, 3.05) is 20.1 Å². The van der Waals surface area contributed by atoms with Crippen molar-refractivity contribution in [3.8, 4) is 0 Å². The van der Waals surface area contributed by atoms with Crippen LogP contribution in [0.25, 0.3) is 0 Å². The molecule has 3 nitrogen and oxygen atoms in total. The van der Waals surface area contributed by atoms with Crippen molar-refractivity contribution < 1.29 is 8.78 Å². The van der Waals surface area contributed by atoms with Crippen LogP contribution in [0.1, 0.15) is 24.0 Å². The van der Waals surface area contributed by atoms with E-state index < -0.39 is 13.0 Å². The van der Waals surface area contributed by atoms with Gasteiger partial charge in [0.2, 0.25) is 0 Å². The molecule has 1 aromatic rings. The SMILES string of the molecule is CN=C(NCC(F)F)NCC(C)c1ccc(C)cc1. The number of aryl methyl sites for hydroxylation is 1. The molecule has 2 N–H and O–H groups in total. The average Bonchev–Trinajstić information content (AvgIpc) is 2.39. The average molecular weight is 269 g/mol. The highest BCUT2D eigenvalue weighted by atomic mass is 19.3. The highest BCUT2D eigenvalue weighted by Crippen LogP contribution is 2.14. The van der Waals surface area contributed by atoms with Gasteiger partial charge in [-0.1, -0.05) is 36.8 Å². The number of benzene rings is 1. The molecule has 5 heteroatoms. The van der Waals surface area contributed by atoms with E-state index in [0.717, 1.165) is 0 Å². The molecule has 19 heavy (non-hydrogen) atoms. The van der Waals surface area contributed by atoms with Crippen molar-refractivity contribution in [1.82, 2.24) is 10.6 Å². The van der Waals surface area contributed by atoms with Crippen molar-refractivity contribution in [3.63, 3.8) is 0 Å². The molecule has 0 saturated carbocycles. The van der Waals surface area contributed by atoms with E-state index in [1.54, 1.807) is 7.05 Å². The van der Waals surface area contributed by atoms with Crippen LogP contribution in [0.3, 0.4) is 0 Å². The van der Waals surface area contributed by atoms with E-state index in [1.807, 2.05) is 6.92 Å². The van der Waals surface area contributed by atoms with Crippen LogP contribution in [-0.2, 0) is 0 Å². The molecule has 0 heterocycles. The molecule has 0 bridgehead atoms. The van der Waals surface area contributed by atoms with Crippen LogP contribution in [0, 0.1) is 6.92 Å². The molecular weight excluding hydrogens is 248 g/mol. The maximum Gasteiger partial charge on any atom is 0.255 e. The van der Waals surface area contributed by atoms with Crippen molar-refractivity contribution >= 4 is 5.96 Å². The first-order valence-electron chi connectivity index (χ1n) is 6.32. The lowest BCUT2D eigenvalue weighted by atomic mass is 10.0. The number of hydrogen-bond acceptors (Lipinski definition) is 1. The van der Waals surface area contributed by atoms with Gasteiger partial charge in [-0.15, -0.1) is 0 Å². The van der Waals surface area contributed by atoms with E-state index in [-0.39, 0.29) is 5.92 Å². The third kappa shape index (κ3) is 5.68. The molecule has 0 aliphatic heterocycles. The van der Waals surface area contributed by atoms with Gasteiger partial charge in [0.15, 0.2) is 5.96 Å². The second-order valence-corrected chi connectivity index (χ2v) is 4.54. The molecule has 0 spiro atoms. The number of rotatable bonds is 5. The summed E-state index contributed by atoms with van der Waals surface area (Å²) >= 11 is 0. The first kappa shape index (κ1) is 15.4. The van der Waals surface area contributed by atoms with E-state index in [4.69, 9.17) is 0 Å². The summed E-state index contributed by atoms with van der Waals surface area (Å²) < 4.78 is 24.2. The fraction of sp³-hybridized carbons (Fsp3) is 0.500. The molecule has 0 radical (unpaired) electrons. The summed E-state index contributed by atoms with van der Waals surface area (Å²) in [6.45, 7) is 4.38. The highest BCUT2D eigenvalue weighted by molar-refractivity contribution is 5.79. The lowest BCUT2D eigenvalue weighted by Crippen LogP contribution is -2.41. The van der Waals surface area contributed by atoms with Crippen molar-refractivity contribution in [3.05, 3.63) is 35.4 Å². The van der Waals surface area contributed by atoms with Crippen LogP contribution in [0.15, 0.2) is 29.3 Å². The van der Waals surface area contributed by atoms with Gasteiger partial charge in [-0.25, -0.2) is 8.78 Å². The third-order valence-corrected chi connectivity index (χ3v) is 2.87. The summed E-state index contributed by atoms with van der Waals surface area (Å²) in [6, 6.07) is 8.29. The fourth-order valence-corrected chi connectivity index (χ4v) is 1.66. The number of nitrogens with one attached hydrogen (secondary N) is 2. The highest BCUT2D eigenvalue weighted by Gasteiger charge is 2.08. The van der Waals surface area contributed by atoms with Gasteiger partial charge < -0.3 is 10.6 Å². The summed E-state index contributed by atoms with van der Waals surface area (Å²) in [4.78, 5) is 3.90. The molecule has 106 valence electrons. The smallest absolute Gasteiger partial charge is 0.255 e. The monoisotopic (exact) mass is 269 g/mol. The number of nitrogens with zero attached hydrogens (tertiary/aromatic N) is 1. The number of hydrogen-bond donors (Lipinski definition) is 2. The Morgan fingerprint density at radius 2 is 1.74 bits per heavy atom. The first-order chi connectivity index (χ1) is 9.02. The lowest BCUT2D eigenvalue weighted by molar-refractivity contribution is 0.152. The van der Waals surface area contributed by atoms with Crippen molar-refractivity contribution in [2.45, 2.75) is 26.2 Å². The summed E-state index contributed by atoms with van der Waals surface area (Å²) in [5.41, 5.74) is 2.43.